The van der Waals surface area contributed by atoms with E-state index in [0.29, 0.717) is 31.1 Å². The minimum Gasteiger partial charge on any atom is -0.478 e. The van der Waals surface area contributed by atoms with Crippen LogP contribution >= 0.6 is 11.6 Å². The molecule has 0 radical (unpaired) electrons. The summed E-state index contributed by atoms with van der Waals surface area (Å²) in [4.78, 5) is 11.2. The van der Waals surface area contributed by atoms with E-state index < -0.39 is 0 Å². The first-order valence-electron chi connectivity index (χ1n) is 7.14. The van der Waals surface area contributed by atoms with Crippen molar-refractivity contribution < 1.29 is 9.47 Å². The summed E-state index contributed by atoms with van der Waals surface area (Å²) >= 11 is 5.64. The highest BCUT2D eigenvalue weighted by Gasteiger charge is 2.21. The summed E-state index contributed by atoms with van der Waals surface area (Å²) in [6.07, 6.45) is 2.28. The molecule has 1 aliphatic rings. The lowest BCUT2D eigenvalue weighted by Gasteiger charge is -2.32. The van der Waals surface area contributed by atoms with Crippen molar-refractivity contribution in [3.8, 4) is 5.88 Å². The van der Waals surface area contributed by atoms with E-state index in [2.05, 4.69) is 14.9 Å². The van der Waals surface area contributed by atoms with Gasteiger partial charge in [0.2, 0.25) is 11.8 Å². The fourth-order valence-electron chi connectivity index (χ4n) is 2.32. The second kappa shape index (κ2) is 7.64. The van der Waals surface area contributed by atoms with Crippen LogP contribution in [0.1, 0.15) is 25.5 Å². The van der Waals surface area contributed by atoms with Crippen molar-refractivity contribution in [2.24, 2.45) is 0 Å². The second-order valence-electron chi connectivity index (χ2n) is 4.83. The van der Waals surface area contributed by atoms with Crippen molar-refractivity contribution in [2.75, 3.05) is 37.1 Å². The van der Waals surface area contributed by atoms with Crippen molar-refractivity contribution in [2.45, 2.75) is 32.8 Å². The van der Waals surface area contributed by atoms with E-state index in [4.69, 9.17) is 21.1 Å². The zero-order valence-corrected chi connectivity index (χ0v) is 12.9. The molecule has 20 heavy (non-hydrogen) atoms. The average molecular weight is 300 g/mol. The van der Waals surface area contributed by atoms with Gasteiger partial charge < -0.3 is 14.4 Å². The molecule has 1 saturated heterocycles. The minimum absolute atomic E-state index is 0.307. The second-order valence-corrected chi connectivity index (χ2v) is 5.20. The molecule has 1 aliphatic heterocycles. The van der Waals surface area contributed by atoms with Gasteiger partial charge in [-0.1, -0.05) is 0 Å². The first-order chi connectivity index (χ1) is 9.72. The summed E-state index contributed by atoms with van der Waals surface area (Å²) in [7, 11) is 0. The molecule has 6 heteroatoms. The van der Waals surface area contributed by atoms with Crippen LogP contribution in [0.25, 0.3) is 0 Å². The van der Waals surface area contributed by atoms with Crippen LogP contribution in [0.5, 0.6) is 5.88 Å². The zero-order chi connectivity index (χ0) is 14.4. The van der Waals surface area contributed by atoms with E-state index in [1.54, 1.807) is 0 Å². The molecule has 0 saturated carbocycles. The molecule has 1 fully saturated rings. The fraction of sp³-hybridized carbons (Fsp3) is 0.714. The number of aryl methyl sites for hydroxylation is 1. The van der Waals surface area contributed by atoms with Crippen molar-refractivity contribution in [3.05, 3.63) is 11.8 Å². The lowest BCUT2D eigenvalue weighted by molar-refractivity contribution is 0.0469. The Kier molecular flexibility index (Phi) is 5.86. The summed E-state index contributed by atoms with van der Waals surface area (Å²) in [5, 5.41) is 0. The summed E-state index contributed by atoms with van der Waals surface area (Å²) < 4.78 is 11.2. The molecule has 0 spiro atoms. The van der Waals surface area contributed by atoms with Gasteiger partial charge in [-0.05, 0) is 26.7 Å². The topological polar surface area (TPSA) is 47.5 Å². The number of ether oxygens (including phenoxy) is 2. The van der Waals surface area contributed by atoms with Crippen molar-refractivity contribution >= 4 is 17.5 Å². The number of hydrogen-bond donors (Lipinski definition) is 0. The molecule has 112 valence electrons. The molecule has 0 aromatic carbocycles. The Hall–Kier alpha value is -1.07. The predicted octanol–water partition coefficient (Wildman–Crippen LogP) is 2.41. The molecule has 0 N–H and O–H groups in total. The summed E-state index contributed by atoms with van der Waals surface area (Å²) in [5.74, 6) is 1.96. The summed E-state index contributed by atoms with van der Waals surface area (Å²) in [6, 6.07) is 1.86. The Morgan fingerprint density at radius 3 is 2.75 bits per heavy atom. The summed E-state index contributed by atoms with van der Waals surface area (Å²) in [5.41, 5.74) is 0.930. The van der Waals surface area contributed by atoms with Crippen molar-refractivity contribution in [1.29, 1.82) is 0 Å². The SMILES string of the molecule is CCOc1cc(C)nc(N2CCC(OCCCl)CC2)n1. The molecule has 2 heterocycles. The van der Waals surface area contributed by atoms with E-state index in [9.17, 15) is 0 Å². The minimum atomic E-state index is 0.307. The molecule has 0 atom stereocenters. The molecule has 1 aromatic rings. The third-order valence-electron chi connectivity index (χ3n) is 3.27. The van der Waals surface area contributed by atoms with Crippen LogP contribution < -0.4 is 9.64 Å². The van der Waals surface area contributed by atoms with E-state index in [0.717, 1.165) is 37.6 Å². The smallest absolute Gasteiger partial charge is 0.228 e. The number of rotatable bonds is 6. The third kappa shape index (κ3) is 4.21. The van der Waals surface area contributed by atoms with Gasteiger partial charge >= 0.3 is 0 Å². The van der Waals surface area contributed by atoms with Crippen LogP contribution in [0.2, 0.25) is 0 Å². The van der Waals surface area contributed by atoms with Gasteiger partial charge in [-0.2, -0.15) is 4.98 Å². The highest BCUT2D eigenvalue weighted by molar-refractivity contribution is 6.17. The zero-order valence-electron chi connectivity index (χ0n) is 12.1. The third-order valence-corrected chi connectivity index (χ3v) is 3.42. The Balaban J connectivity index is 1.96. The molecule has 0 aliphatic carbocycles. The van der Waals surface area contributed by atoms with Gasteiger partial charge in [-0.25, -0.2) is 4.98 Å². The van der Waals surface area contributed by atoms with Crippen molar-refractivity contribution in [3.63, 3.8) is 0 Å². The van der Waals surface area contributed by atoms with Crippen LogP contribution in [0.3, 0.4) is 0 Å². The molecule has 1 aromatic heterocycles. The Morgan fingerprint density at radius 2 is 2.10 bits per heavy atom. The average Bonchev–Trinajstić information content (AvgIpc) is 2.45. The van der Waals surface area contributed by atoms with Gasteiger partial charge in [0.25, 0.3) is 0 Å². The van der Waals surface area contributed by atoms with Gasteiger partial charge in [0, 0.05) is 30.7 Å². The molecule has 2 rings (SSSR count). The van der Waals surface area contributed by atoms with Crippen LogP contribution in [0.4, 0.5) is 5.95 Å². The number of hydrogen-bond acceptors (Lipinski definition) is 5. The Labute approximate surface area is 125 Å². The maximum Gasteiger partial charge on any atom is 0.228 e. The van der Waals surface area contributed by atoms with Crippen LogP contribution in [0.15, 0.2) is 6.07 Å². The number of anilines is 1. The van der Waals surface area contributed by atoms with E-state index in [1.165, 1.54) is 0 Å². The highest BCUT2D eigenvalue weighted by Crippen LogP contribution is 2.21. The monoisotopic (exact) mass is 299 g/mol. The van der Waals surface area contributed by atoms with Crippen LogP contribution in [-0.2, 0) is 4.74 Å². The van der Waals surface area contributed by atoms with Crippen LogP contribution in [0, 0.1) is 6.92 Å². The lowest BCUT2D eigenvalue weighted by atomic mass is 10.1. The van der Waals surface area contributed by atoms with Gasteiger partial charge in [0.05, 0.1) is 19.3 Å². The van der Waals surface area contributed by atoms with Gasteiger partial charge in [-0.15, -0.1) is 11.6 Å². The Bertz CT molecular complexity index is 423. The Morgan fingerprint density at radius 1 is 1.35 bits per heavy atom. The quantitative estimate of drug-likeness (QED) is 0.755. The van der Waals surface area contributed by atoms with E-state index in [-0.39, 0.29) is 0 Å². The summed E-state index contributed by atoms with van der Waals surface area (Å²) in [6.45, 7) is 6.97. The molecule has 0 bridgehead atoms. The van der Waals surface area contributed by atoms with E-state index >= 15 is 0 Å². The predicted molar refractivity (Wildman–Crippen MR) is 79.8 cm³/mol. The molecule has 0 unspecified atom stereocenters. The largest absolute Gasteiger partial charge is 0.478 e. The highest BCUT2D eigenvalue weighted by atomic mass is 35.5. The first kappa shape index (κ1) is 15.3. The molecular weight excluding hydrogens is 278 g/mol. The number of piperidine rings is 1. The fourth-order valence-corrected chi connectivity index (χ4v) is 2.41. The van der Waals surface area contributed by atoms with E-state index in [1.807, 2.05) is 19.9 Å². The normalized spacial score (nSPS) is 16.4. The van der Waals surface area contributed by atoms with Crippen molar-refractivity contribution in [1.82, 2.24) is 9.97 Å². The van der Waals surface area contributed by atoms with Gasteiger partial charge in [0.15, 0.2) is 0 Å². The number of alkyl halides is 1. The first-order valence-corrected chi connectivity index (χ1v) is 7.67. The van der Waals surface area contributed by atoms with Gasteiger partial charge in [-0.3, -0.25) is 0 Å². The number of aromatic nitrogens is 2. The molecular formula is C14H22ClN3O2. The number of nitrogens with zero attached hydrogens (tertiary/aromatic N) is 3. The van der Waals surface area contributed by atoms with Crippen LogP contribution in [-0.4, -0.2) is 48.3 Å². The maximum absolute atomic E-state index is 5.68. The number of halogens is 1. The standard InChI is InChI=1S/C14H22ClN3O2/c1-3-19-13-10-11(2)16-14(17-13)18-7-4-12(5-8-18)20-9-6-15/h10,12H,3-9H2,1-2H3. The molecule has 0 amide bonds. The lowest BCUT2D eigenvalue weighted by Crippen LogP contribution is -2.38. The van der Waals surface area contributed by atoms with Gasteiger partial charge in [0.1, 0.15) is 0 Å². The molecule has 5 nitrogen and oxygen atoms in total. The maximum atomic E-state index is 5.68.